The highest BCUT2D eigenvalue weighted by Crippen LogP contribution is 2.32. The number of rotatable bonds is 4. The van der Waals surface area contributed by atoms with Gasteiger partial charge in [0.05, 0.1) is 13.3 Å². The number of carbonyl (C=O) groups is 1. The van der Waals surface area contributed by atoms with Crippen molar-refractivity contribution in [2.45, 2.75) is 0 Å². The maximum Gasteiger partial charge on any atom is 0.289 e. The van der Waals surface area contributed by atoms with E-state index in [0.29, 0.717) is 10.6 Å². The summed E-state index contributed by atoms with van der Waals surface area (Å²) in [5.41, 5.74) is 2.86. The van der Waals surface area contributed by atoms with Crippen molar-refractivity contribution >= 4 is 23.7 Å². The maximum absolute atomic E-state index is 11.7. The highest BCUT2D eigenvalue weighted by atomic mass is 35.5. The molecule has 0 fully saturated rings. The Labute approximate surface area is 126 Å². The Kier molecular flexibility index (Phi) is 4.73. The minimum atomic E-state index is -0.458. The predicted molar refractivity (Wildman–Crippen MR) is 79.0 cm³/mol. The van der Waals surface area contributed by atoms with Crippen LogP contribution in [0.3, 0.4) is 0 Å². The second-order valence-corrected chi connectivity index (χ2v) is 4.40. The van der Waals surface area contributed by atoms with Crippen LogP contribution >= 0.6 is 11.6 Å². The zero-order valence-electron chi connectivity index (χ0n) is 11.1. The number of phenols is 1. The van der Waals surface area contributed by atoms with E-state index in [0.717, 1.165) is 0 Å². The minimum absolute atomic E-state index is 0.113. The molecule has 0 bridgehead atoms. The molecule has 2 N–H and O–H groups in total. The molecule has 2 rings (SSSR count). The number of aromatic nitrogens is 1. The number of methoxy groups -OCH3 is 1. The first-order valence-corrected chi connectivity index (χ1v) is 6.30. The van der Waals surface area contributed by atoms with Crippen molar-refractivity contribution in [2.24, 2.45) is 5.10 Å². The van der Waals surface area contributed by atoms with Gasteiger partial charge in [-0.2, -0.15) is 5.10 Å². The Bertz CT molecular complexity index is 675. The van der Waals surface area contributed by atoms with Crippen LogP contribution in [0.2, 0.25) is 5.02 Å². The first-order chi connectivity index (χ1) is 10.1. The SMILES string of the molecule is COc1cc(Cl)cc(/C=N\NC(=O)c2ccccn2)c1O. The maximum atomic E-state index is 11.7. The third kappa shape index (κ3) is 3.70. The monoisotopic (exact) mass is 305 g/mol. The van der Waals surface area contributed by atoms with E-state index >= 15 is 0 Å². The minimum Gasteiger partial charge on any atom is -0.504 e. The molecule has 2 aromatic rings. The second kappa shape index (κ2) is 6.71. The number of hydrogen-bond donors (Lipinski definition) is 2. The van der Waals surface area contributed by atoms with Crippen LogP contribution < -0.4 is 10.2 Å². The Balaban J connectivity index is 2.12. The largest absolute Gasteiger partial charge is 0.504 e. The summed E-state index contributed by atoms with van der Waals surface area (Å²) in [6, 6.07) is 7.93. The highest BCUT2D eigenvalue weighted by Gasteiger charge is 2.09. The lowest BCUT2D eigenvalue weighted by atomic mass is 10.2. The number of nitrogens with one attached hydrogen (secondary N) is 1. The topological polar surface area (TPSA) is 83.8 Å². The van der Waals surface area contributed by atoms with Gasteiger partial charge in [0.25, 0.3) is 5.91 Å². The van der Waals surface area contributed by atoms with E-state index in [1.165, 1.54) is 31.7 Å². The molecule has 0 aliphatic carbocycles. The summed E-state index contributed by atoms with van der Waals surface area (Å²) in [6.07, 6.45) is 2.77. The van der Waals surface area contributed by atoms with Crippen LogP contribution in [0.25, 0.3) is 0 Å². The fourth-order valence-corrected chi connectivity index (χ4v) is 1.78. The summed E-state index contributed by atoms with van der Waals surface area (Å²) < 4.78 is 4.97. The molecule has 0 radical (unpaired) electrons. The zero-order chi connectivity index (χ0) is 15.2. The molecule has 1 aromatic carbocycles. The summed E-state index contributed by atoms with van der Waals surface area (Å²) in [5, 5.41) is 14.0. The highest BCUT2D eigenvalue weighted by molar-refractivity contribution is 6.31. The summed E-state index contributed by atoms with van der Waals surface area (Å²) in [7, 11) is 1.41. The van der Waals surface area contributed by atoms with Crippen LogP contribution in [0.5, 0.6) is 11.5 Å². The van der Waals surface area contributed by atoms with Gasteiger partial charge in [-0.05, 0) is 18.2 Å². The van der Waals surface area contributed by atoms with Gasteiger partial charge in [-0.25, -0.2) is 5.43 Å². The van der Waals surface area contributed by atoms with E-state index in [2.05, 4.69) is 15.5 Å². The number of aromatic hydroxyl groups is 1. The van der Waals surface area contributed by atoms with Crippen molar-refractivity contribution < 1.29 is 14.6 Å². The average Bonchev–Trinajstić information content (AvgIpc) is 2.51. The fraction of sp³-hybridized carbons (Fsp3) is 0.0714. The number of hydrazone groups is 1. The number of nitrogens with zero attached hydrogens (tertiary/aromatic N) is 2. The van der Waals surface area contributed by atoms with Crippen molar-refractivity contribution in [1.29, 1.82) is 0 Å². The first-order valence-electron chi connectivity index (χ1n) is 5.92. The van der Waals surface area contributed by atoms with E-state index < -0.39 is 5.91 Å². The fourth-order valence-electron chi connectivity index (χ4n) is 1.56. The Hall–Kier alpha value is -2.60. The number of pyridine rings is 1. The van der Waals surface area contributed by atoms with Crippen LogP contribution in [0.1, 0.15) is 16.1 Å². The van der Waals surface area contributed by atoms with Gasteiger partial charge in [0.15, 0.2) is 11.5 Å². The molecule has 1 heterocycles. The molecule has 0 saturated heterocycles. The van der Waals surface area contributed by atoms with E-state index in [1.54, 1.807) is 18.2 Å². The van der Waals surface area contributed by atoms with Gasteiger partial charge in [-0.1, -0.05) is 17.7 Å². The Morgan fingerprint density at radius 2 is 2.29 bits per heavy atom. The van der Waals surface area contributed by atoms with E-state index in [1.807, 2.05) is 0 Å². The number of benzene rings is 1. The Morgan fingerprint density at radius 3 is 2.95 bits per heavy atom. The molecular weight excluding hydrogens is 294 g/mol. The molecule has 0 unspecified atom stereocenters. The van der Waals surface area contributed by atoms with Crippen molar-refractivity contribution in [3.05, 3.63) is 52.8 Å². The van der Waals surface area contributed by atoms with Gasteiger partial charge in [0.1, 0.15) is 5.69 Å². The summed E-state index contributed by atoms with van der Waals surface area (Å²) in [5.74, 6) is -0.349. The van der Waals surface area contributed by atoms with Crippen LogP contribution in [0.4, 0.5) is 0 Å². The molecule has 6 nitrogen and oxygen atoms in total. The lowest BCUT2D eigenvalue weighted by Gasteiger charge is -2.06. The molecule has 0 atom stereocenters. The average molecular weight is 306 g/mol. The predicted octanol–water partition coefficient (Wildman–Crippen LogP) is 2.21. The van der Waals surface area contributed by atoms with Crippen molar-refractivity contribution in [3.8, 4) is 11.5 Å². The first kappa shape index (κ1) is 14.8. The van der Waals surface area contributed by atoms with E-state index in [9.17, 15) is 9.90 Å². The quantitative estimate of drug-likeness (QED) is 0.670. The van der Waals surface area contributed by atoms with Gasteiger partial charge < -0.3 is 9.84 Å². The van der Waals surface area contributed by atoms with Crippen LogP contribution in [0.15, 0.2) is 41.6 Å². The van der Waals surface area contributed by atoms with E-state index in [-0.39, 0.29) is 17.2 Å². The molecule has 7 heteroatoms. The van der Waals surface area contributed by atoms with Crippen LogP contribution in [-0.4, -0.2) is 29.3 Å². The number of ether oxygens (including phenoxy) is 1. The van der Waals surface area contributed by atoms with Gasteiger partial charge >= 0.3 is 0 Å². The molecule has 1 aromatic heterocycles. The van der Waals surface area contributed by atoms with E-state index in [4.69, 9.17) is 16.3 Å². The standard InChI is InChI=1S/C14H12ClN3O3/c1-21-12-7-10(15)6-9(13(12)19)8-17-18-14(20)11-4-2-3-5-16-11/h2-8,19H,1H3,(H,18,20)/b17-8-. The normalized spacial score (nSPS) is 10.6. The number of carbonyl (C=O) groups excluding carboxylic acids is 1. The van der Waals surface area contributed by atoms with Crippen LogP contribution in [-0.2, 0) is 0 Å². The summed E-state index contributed by atoms with van der Waals surface area (Å²) in [6.45, 7) is 0. The van der Waals surface area contributed by atoms with Gasteiger partial charge in [-0.3, -0.25) is 9.78 Å². The smallest absolute Gasteiger partial charge is 0.289 e. The number of halogens is 1. The molecule has 0 aliphatic rings. The molecule has 0 aliphatic heterocycles. The second-order valence-electron chi connectivity index (χ2n) is 3.96. The lowest BCUT2D eigenvalue weighted by molar-refractivity contribution is 0.0950. The molecule has 0 saturated carbocycles. The summed E-state index contributed by atoms with van der Waals surface area (Å²) in [4.78, 5) is 15.6. The molecule has 21 heavy (non-hydrogen) atoms. The van der Waals surface area contributed by atoms with Crippen molar-refractivity contribution in [1.82, 2.24) is 10.4 Å². The molecule has 0 spiro atoms. The van der Waals surface area contributed by atoms with Gasteiger partial charge in [0.2, 0.25) is 0 Å². The molecule has 1 amide bonds. The van der Waals surface area contributed by atoms with Gasteiger partial charge in [0, 0.05) is 22.8 Å². The van der Waals surface area contributed by atoms with Crippen molar-refractivity contribution in [3.63, 3.8) is 0 Å². The molecule has 108 valence electrons. The van der Waals surface area contributed by atoms with Crippen LogP contribution in [0, 0.1) is 0 Å². The zero-order valence-corrected chi connectivity index (χ0v) is 11.8. The van der Waals surface area contributed by atoms with Gasteiger partial charge in [-0.15, -0.1) is 0 Å². The Morgan fingerprint density at radius 1 is 1.48 bits per heavy atom. The number of amides is 1. The third-order valence-electron chi connectivity index (χ3n) is 2.56. The van der Waals surface area contributed by atoms with Crippen molar-refractivity contribution in [2.75, 3.05) is 7.11 Å². The lowest BCUT2D eigenvalue weighted by Crippen LogP contribution is -2.18. The number of phenolic OH excluding ortho intramolecular Hbond substituents is 1. The summed E-state index contributed by atoms with van der Waals surface area (Å²) >= 11 is 5.89. The number of hydrogen-bond acceptors (Lipinski definition) is 5. The third-order valence-corrected chi connectivity index (χ3v) is 2.77. The molecular formula is C14H12ClN3O3.